The molecule has 1 aliphatic heterocycles. The van der Waals surface area contributed by atoms with Gasteiger partial charge in [0, 0.05) is 43.4 Å². The van der Waals surface area contributed by atoms with Gasteiger partial charge in [0.05, 0.1) is 9.92 Å². The molecule has 3 aromatic rings. The van der Waals surface area contributed by atoms with Gasteiger partial charge in [0.1, 0.15) is 10.8 Å². The summed E-state index contributed by atoms with van der Waals surface area (Å²) >= 11 is 13.4. The zero-order chi connectivity index (χ0) is 24.3. The van der Waals surface area contributed by atoms with Gasteiger partial charge >= 0.3 is 0 Å². The largest absolute Gasteiger partial charge is 0.479 e. The van der Waals surface area contributed by atoms with Crippen molar-refractivity contribution in [3.63, 3.8) is 0 Å². The zero-order valence-corrected chi connectivity index (χ0v) is 21.3. The van der Waals surface area contributed by atoms with Crippen molar-refractivity contribution >= 4 is 61.3 Å². The second kappa shape index (κ2) is 10.4. The molecule has 8 nitrogen and oxygen atoms in total. The molecule has 34 heavy (non-hydrogen) atoms. The number of rotatable bonds is 7. The summed E-state index contributed by atoms with van der Waals surface area (Å²) in [5.74, 6) is 0.235. The van der Waals surface area contributed by atoms with E-state index in [1.165, 1.54) is 17.5 Å². The van der Waals surface area contributed by atoms with Crippen molar-refractivity contribution in [1.29, 1.82) is 0 Å². The number of aromatic nitrogens is 1. The zero-order valence-electron chi connectivity index (χ0n) is 18.1. The molecule has 0 spiro atoms. The van der Waals surface area contributed by atoms with Gasteiger partial charge in [-0.15, -0.1) is 11.3 Å². The Kier molecular flexibility index (Phi) is 7.51. The fourth-order valence-corrected chi connectivity index (χ4v) is 5.67. The third-order valence-corrected chi connectivity index (χ3v) is 8.30. The third kappa shape index (κ3) is 5.57. The molecular weight excluding hydrogens is 519 g/mol. The monoisotopic (exact) mass is 540 g/mol. The van der Waals surface area contributed by atoms with E-state index in [0.29, 0.717) is 42.1 Å². The van der Waals surface area contributed by atoms with Gasteiger partial charge in [-0.2, -0.15) is 0 Å². The number of benzene rings is 2. The Morgan fingerprint density at radius 1 is 1.12 bits per heavy atom. The van der Waals surface area contributed by atoms with Crippen molar-refractivity contribution in [2.75, 3.05) is 35.8 Å². The second-order valence-corrected chi connectivity index (χ2v) is 10.9. The maximum absolute atomic E-state index is 12.9. The number of ether oxygens (including phenoxy) is 1. The Bertz CT molecular complexity index is 1250. The summed E-state index contributed by atoms with van der Waals surface area (Å²) in [6.45, 7) is 3.94. The molecule has 12 heteroatoms. The summed E-state index contributed by atoms with van der Waals surface area (Å²) in [6.07, 6.45) is 0.826. The summed E-state index contributed by atoms with van der Waals surface area (Å²) in [6, 6.07) is 11.7. The van der Waals surface area contributed by atoms with Crippen LogP contribution in [0.2, 0.25) is 10.0 Å². The number of hydrogen-bond donors (Lipinski definition) is 1. The lowest BCUT2D eigenvalue weighted by molar-refractivity contribution is -0.138. The highest BCUT2D eigenvalue weighted by Crippen LogP contribution is 2.32. The molecule has 2 heterocycles. The predicted octanol–water partition coefficient (Wildman–Crippen LogP) is 4.37. The molecule has 1 atom stereocenters. The lowest BCUT2D eigenvalue weighted by Crippen LogP contribution is -2.52. The molecule has 0 aliphatic carbocycles. The Hall–Kier alpha value is -2.53. The highest BCUT2D eigenvalue weighted by atomic mass is 35.5. The number of piperazine rings is 1. The number of halogens is 2. The first-order chi connectivity index (χ1) is 16.2. The Morgan fingerprint density at radius 3 is 2.47 bits per heavy atom. The van der Waals surface area contributed by atoms with E-state index in [0.717, 1.165) is 5.69 Å². The highest BCUT2D eigenvalue weighted by Gasteiger charge is 2.27. The average molecular weight is 541 g/mol. The second-order valence-electron chi connectivity index (χ2n) is 7.56. The van der Waals surface area contributed by atoms with E-state index in [9.17, 15) is 13.2 Å². The number of nitrogens with zero attached hydrogens (tertiary/aromatic N) is 3. The normalized spacial score (nSPS) is 15.1. The average Bonchev–Trinajstić information content (AvgIpc) is 3.34. The van der Waals surface area contributed by atoms with Crippen molar-refractivity contribution in [2.45, 2.75) is 17.9 Å². The van der Waals surface area contributed by atoms with Crippen LogP contribution in [0.25, 0.3) is 0 Å². The van der Waals surface area contributed by atoms with E-state index in [1.54, 1.807) is 59.7 Å². The first-order valence-corrected chi connectivity index (χ1v) is 13.5. The number of carbonyl (C=O) groups excluding carboxylic acids is 1. The van der Waals surface area contributed by atoms with Crippen molar-refractivity contribution < 1.29 is 17.9 Å². The fourth-order valence-electron chi connectivity index (χ4n) is 3.54. The Morgan fingerprint density at radius 2 is 1.82 bits per heavy atom. The van der Waals surface area contributed by atoms with Crippen molar-refractivity contribution in [3.05, 3.63) is 64.1 Å². The molecule has 0 saturated carbocycles. The van der Waals surface area contributed by atoms with Crippen LogP contribution in [0.15, 0.2) is 58.9 Å². The quantitative estimate of drug-likeness (QED) is 0.478. The van der Waals surface area contributed by atoms with Gasteiger partial charge in [-0.05, 0) is 43.3 Å². The van der Waals surface area contributed by atoms with E-state index >= 15 is 0 Å². The molecule has 2 aromatic carbocycles. The summed E-state index contributed by atoms with van der Waals surface area (Å²) in [5, 5.41) is 2.66. The molecular formula is C22H22Cl2N4O4S2. The fraction of sp³-hybridized carbons (Fsp3) is 0.273. The van der Waals surface area contributed by atoms with E-state index in [-0.39, 0.29) is 15.8 Å². The number of nitrogens with one attached hydrogen (secondary N) is 1. The van der Waals surface area contributed by atoms with Gasteiger partial charge in [0.25, 0.3) is 15.9 Å². The van der Waals surface area contributed by atoms with Gasteiger partial charge in [-0.25, -0.2) is 13.4 Å². The summed E-state index contributed by atoms with van der Waals surface area (Å²) < 4.78 is 33.2. The molecule has 1 fully saturated rings. The topological polar surface area (TPSA) is 91.8 Å². The number of hydrogen-bond acceptors (Lipinski definition) is 7. The van der Waals surface area contributed by atoms with Crippen molar-refractivity contribution in [2.24, 2.45) is 0 Å². The molecule has 1 aromatic heterocycles. The van der Waals surface area contributed by atoms with Gasteiger partial charge in [-0.1, -0.05) is 29.3 Å². The first-order valence-electron chi connectivity index (χ1n) is 10.4. The first kappa shape index (κ1) is 24.6. The van der Waals surface area contributed by atoms with E-state index < -0.39 is 16.1 Å². The molecule has 0 unspecified atom stereocenters. The summed E-state index contributed by atoms with van der Waals surface area (Å²) in [5.41, 5.74) is 0.885. The maximum atomic E-state index is 12.9. The maximum Gasteiger partial charge on any atom is 0.263 e. The number of thiazole rings is 1. The van der Waals surface area contributed by atoms with E-state index in [4.69, 9.17) is 27.9 Å². The molecule has 1 amide bonds. The van der Waals surface area contributed by atoms with Crippen LogP contribution in [0.4, 0.5) is 10.8 Å². The highest BCUT2D eigenvalue weighted by molar-refractivity contribution is 7.93. The molecule has 180 valence electrons. The Labute approximate surface area is 212 Å². The number of anilines is 2. The molecule has 4 rings (SSSR count). The lowest BCUT2D eigenvalue weighted by Gasteiger charge is -2.37. The van der Waals surface area contributed by atoms with Crippen LogP contribution in [-0.2, 0) is 14.8 Å². The van der Waals surface area contributed by atoms with Crippen LogP contribution in [0.1, 0.15) is 6.92 Å². The van der Waals surface area contributed by atoms with Crippen molar-refractivity contribution in [1.82, 2.24) is 9.88 Å². The molecule has 1 saturated heterocycles. The van der Waals surface area contributed by atoms with Crippen LogP contribution < -0.4 is 14.4 Å². The molecule has 1 N–H and O–H groups in total. The minimum absolute atomic E-state index is 0.134. The SMILES string of the molecule is C[C@H](Oc1cccc(Cl)c1Cl)C(=O)N1CCN(c2ccc(S(=O)(=O)Nc3nccs3)cc2)CC1. The van der Waals surface area contributed by atoms with Gasteiger partial charge in [0.2, 0.25) is 0 Å². The van der Waals surface area contributed by atoms with Crippen LogP contribution in [0.5, 0.6) is 5.75 Å². The number of carbonyl (C=O) groups is 1. The van der Waals surface area contributed by atoms with Gasteiger partial charge < -0.3 is 14.5 Å². The standard InChI is InChI=1S/C22H22Cl2N4O4S2/c1-15(32-19-4-2-3-18(23)20(19)24)21(29)28-12-10-27(11-13-28)16-5-7-17(8-6-16)34(30,31)26-22-25-9-14-33-22/h2-9,14-15H,10-13H2,1H3,(H,25,26)/t15-/m0/s1. The minimum Gasteiger partial charge on any atom is -0.479 e. The summed E-state index contributed by atoms with van der Waals surface area (Å²) in [4.78, 5) is 20.8. The number of amides is 1. The third-order valence-electron chi connectivity index (χ3n) is 5.33. The molecule has 0 bridgehead atoms. The number of sulfonamides is 1. The van der Waals surface area contributed by atoms with Crippen LogP contribution in [0, 0.1) is 0 Å². The van der Waals surface area contributed by atoms with Crippen molar-refractivity contribution in [3.8, 4) is 5.75 Å². The lowest BCUT2D eigenvalue weighted by atomic mass is 10.2. The predicted molar refractivity (Wildman–Crippen MR) is 135 cm³/mol. The van der Waals surface area contributed by atoms with Gasteiger partial charge in [0.15, 0.2) is 11.2 Å². The minimum atomic E-state index is -3.70. The van der Waals surface area contributed by atoms with Crippen LogP contribution in [0.3, 0.4) is 0 Å². The van der Waals surface area contributed by atoms with Crippen LogP contribution >= 0.6 is 34.5 Å². The van der Waals surface area contributed by atoms with E-state index in [2.05, 4.69) is 14.6 Å². The van der Waals surface area contributed by atoms with Gasteiger partial charge in [-0.3, -0.25) is 9.52 Å². The summed E-state index contributed by atoms with van der Waals surface area (Å²) in [7, 11) is -3.70. The van der Waals surface area contributed by atoms with E-state index in [1.807, 2.05) is 0 Å². The van der Waals surface area contributed by atoms with Crippen LogP contribution in [-0.4, -0.2) is 56.5 Å². The Balaban J connectivity index is 1.33. The smallest absolute Gasteiger partial charge is 0.263 e. The molecule has 0 radical (unpaired) electrons. The molecule has 1 aliphatic rings.